The molecule has 0 bridgehead atoms. The van der Waals surface area contributed by atoms with Crippen LogP contribution in [0.3, 0.4) is 0 Å². The number of ketones is 2. The summed E-state index contributed by atoms with van der Waals surface area (Å²) in [6.45, 7) is 0. The van der Waals surface area contributed by atoms with Crippen LogP contribution in [-0.4, -0.2) is 29.6 Å². The number of Topliss-reactive ketones (excluding diaryl/α,β-unsaturated/α-hetero) is 2. The molecule has 0 saturated carbocycles. The van der Waals surface area contributed by atoms with Gasteiger partial charge in [-0.1, -0.05) is 107 Å². The first-order valence-electron chi connectivity index (χ1n) is 12.9. The number of amides is 1. The molecule has 6 heteroatoms. The molecule has 4 aromatic carbocycles. The maximum absolute atomic E-state index is 14.7. The van der Waals surface area contributed by atoms with Gasteiger partial charge in [0.25, 0.3) is 0 Å². The van der Waals surface area contributed by atoms with Crippen LogP contribution < -0.4 is 10.2 Å². The van der Waals surface area contributed by atoms with E-state index < -0.39 is 23.4 Å². The first-order valence-corrected chi connectivity index (χ1v) is 13.7. The average Bonchev–Trinajstić information content (AvgIpc) is 3.45. The highest BCUT2D eigenvalue weighted by Crippen LogP contribution is 2.58. The molecule has 190 valence electrons. The van der Waals surface area contributed by atoms with Gasteiger partial charge in [0.1, 0.15) is 11.5 Å². The molecule has 1 amide bonds. The van der Waals surface area contributed by atoms with Crippen LogP contribution in [0.4, 0.5) is 11.4 Å². The van der Waals surface area contributed by atoms with Gasteiger partial charge < -0.3 is 10.2 Å². The maximum atomic E-state index is 14.7. The third-order valence-corrected chi connectivity index (χ3v) is 8.79. The number of carbonyl (C=O) groups is 3. The Morgan fingerprint density at radius 3 is 2.23 bits per heavy atom. The molecule has 3 heterocycles. The summed E-state index contributed by atoms with van der Waals surface area (Å²) in [4.78, 5) is 45.6. The number of nitrogens with one attached hydrogen (secondary N) is 1. The number of fused-ring (bicyclic) bond motifs is 5. The van der Waals surface area contributed by atoms with Gasteiger partial charge in [-0.15, -0.1) is 0 Å². The van der Waals surface area contributed by atoms with Crippen molar-refractivity contribution in [3.05, 3.63) is 136 Å². The van der Waals surface area contributed by atoms with E-state index in [4.69, 9.17) is 0 Å². The minimum Gasteiger partial charge on any atom is -0.352 e. The Morgan fingerprint density at radius 2 is 1.44 bits per heavy atom. The molecule has 5 nitrogen and oxygen atoms in total. The number of hydrogen-bond donors (Lipinski definition) is 1. The number of para-hydroxylation sites is 2. The number of halogens is 1. The van der Waals surface area contributed by atoms with Gasteiger partial charge in [-0.3, -0.25) is 14.4 Å². The Hall–Kier alpha value is -4.29. The second kappa shape index (κ2) is 8.89. The molecular weight excluding hydrogens is 552 g/mol. The quantitative estimate of drug-likeness (QED) is 0.290. The third-order valence-electron chi connectivity index (χ3n) is 8.27. The van der Waals surface area contributed by atoms with E-state index in [1.54, 1.807) is 24.3 Å². The molecule has 1 saturated heterocycles. The lowest BCUT2D eigenvalue weighted by atomic mass is 9.63. The summed E-state index contributed by atoms with van der Waals surface area (Å²) >= 11 is 3.46. The largest absolute Gasteiger partial charge is 0.352 e. The number of hydrogen-bond acceptors (Lipinski definition) is 4. The topological polar surface area (TPSA) is 66.5 Å². The fourth-order valence-corrected chi connectivity index (χ4v) is 6.96. The summed E-state index contributed by atoms with van der Waals surface area (Å²) in [5.74, 6) is -1.52. The Morgan fingerprint density at radius 1 is 0.769 bits per heavy atom. The van der Waals surface area contributed by atoms with E-state index in [0.717, 1.165) is 15.7 Å². The number of anilines is 2. The molecule has 1 N–H and O–H groups in total. The van der Waals surface area contributed by atoms with Gasteiger partial charge in [0, 0.05) is 27.0 Å². The lowest BCUT2D eigenvalue weighted by Gasteiger charge is -2.37. The Balaban J connectivity index is 1.54. The van der Waals surface area contributed by atoms with Crippen LogP contribution in [0.2, 0.25) is 0 Å². The van der Waals surface area contributed by atoms with E-state index >= 15 is 0 Å². The van der Waals surface area contributed by atoms with Gasteiger partial charge in [0.2, 0.25) is 5.91 Å². The van der Waals surface area contributed by atoms with Crippen molar-refractivity contribution in [1.29, 1.82) is 0 Å². The van der Waals surface area contributed by atoms with E-state index in [0.29, 0.717) is 22.4 Å². The Kier molecular flexibility index (Phi) is 5.42. The zero-order valence-corrected chi connectivity index (χ0v) is 22.3. The summed E-state index contributed by atoms with van der Waals surface area (Å²) in [6.07, 6.45) is 3.99. The van der Waals surface area contributed by atoms with Crippen LogP contribution in [0.1, 0.15) is 31.8 Å². The van der Waals surface area contributed by atoms with Crippen LogP contribution in [-0.2, 0) is 10.2 Å². The van der Waals surface area contributed by atoms with Gasteiger partial charge in [-0.2, -0.15) is 0 Å². The van der Waals surface area contributed by atoms with Gasteiger partial charge >= 0.3 is 0 Å². The van der Waals surface area contributed by atoms with Crippen LogP contribution in [0.5, 0.6) is 0 Å². The molecule has 1 spiro atoms. The van der Waals surface area contributed by atoms with E-state index in [2.05, 4.69) is 21.2 Å². The Labute approximate surface area is 234 Å². The molecule has 3 aliphatic rings. The second-order valence-electron chi connectivity index (χ2n) is 10.2. The molecule has 7 rings (SSSR count). The first kappa shape index (κ1) is 23.8. The predicted octanol–water partition coefficient (Wildman–Crippen LogP) is 6.31. The highest BCUT2D eigenvalue weighted by molar-refractivity contribution is 9.10. The zero-order valence-electron chi connectivity index (χ0n) is 20.8. The van der Waals surface area contributed by atoms with Gasteiger partial charge in [0.05, 0.1) is 12.0 Å². The van der Waals surface area contributed by atoms with Crippen molar-refractivity contribution >= 4 is 50.9 Å². The molecule has 0 aromatic heterocycles. The molecule has 0 unspecified atom stereocenters. The first-order chi connectivity index (χ1) is 19.0. The standard InChI is InChI=1S/C33H23BrN2O3/c34-23-17-14-22(15-18-23)30(38)31-33(24-11-5-6-12-25(24)35-32(33)39)28(29(37)21-9-2-1-3-10-21)27-19-16-20-8-4-7-13-26(20)36(27)31/h1-19,27-28,31H,(H,35,39)/t27-,28+,31-,33-/m1/s1. The highest BCUT2D eigenvalue weighted by Gasteiger charge is 2.70. The monoisotopic (exact) mass is 574 g/mol. The van der Waals surface area contributed by atoms with E-state index in [1.807, 2.05) is 95.9 Å². The van der Waals surface area contributed by atoms with Gasteiger partial charge in [-0.05, 0) is 35.4 Å². The van der Waals surface area contributed by atoms with Crippen LogP contribution in [0.25, 0.3) is 6.08 Å². The summed E-state index contributed by atoms with van der Waals surface area (Å²) in [5, 5.41) is 3.04. The van der Waals surface area contributed by atoms with Gasteiger partial charge in [-0.25, -0.2) is 0 Å². The van der Waals surface area contributed by atoms with Crippen LogP contribution in [0, 0.1) is 5.92 Å². The molecule has 0 radical (unpaired) electrons. The lowest BCUT2D eigenvalue weighted by Crippen LogP contribution is -2.55. The minimum absolute atomic E-state index is 0.160. The molecule has 4 aromatic rings. The molecule has 4 atom stereocenters. The second-order valence-corrected chi connectivity index (χ2v) is 11.1. The van der Waals surface area contributed by atoms with E-state index in [1.165, 1.54) is 0 Å². The third kappa shape index (κ3) is 3.34. The number of carbonyl (C=O) groups excluding carboxylic acids is 3. The van der Waals surface area contributed by atoms with Crippen molar-refractivity contribution in [2.75, 3.05) is 10.2 Å². The van der Waals surface area contributed by atoms with Crippen molar-refractivity contribution in [3.8, 4) is 0 Å². The molecule has 3 aliphatic heterocycles. The molecule has 0 aliphatic carbocycles. The van der Waals surface area contributed by atoms with E-state index in [-0.39, 0.29) is 17.5 Å². The van der Waals surface area contributed by atoms with Gasteiger partial charge in [0.15, 0.2) is 11.6 Å². The van der Waals surface area contributed by atoms with E-state index in [9.17, 15) is 14.4 Å². The molecular formula is C33H23BrN2O3. The average molecular weight is 575 g/mol. The number of rotatable bonds is 4. The Bertz CT molecular complexity index is 1680. The smallest absolute Gasteiger partial charge is 0.238 e. The zero-order chi connectivity index (χ0) is 26.7. The normalized spacial score (nSPS) is 24.2. The predicted molar refractivity (Wildman–Crippen MR) is 155 cm³/mol. The molecule has 1 fully saturated rings. The SMILES string of the molecule is O=C(c1ccccc1)[C@@H]1[C@H]2C=Cc3ccccc3N2[C@H](C(=O)c2ccc(Br)cc2)[C@]12C(=O)Nc1ccccc12. The number of benzene rings is 4. The maximum Gasteiger partial charge on any atom is 0.238 e. The van der Waals surface area contributed by atoms with Crippen molar-refractivity contribution in [1.82, 2.24) is 0 Å². The molecule has 39 heavy (non-hydrogen) atoms. The summed E-state index contributed by atoms with van der Waals surface area (Å²) in [6, 6.07) is 30.1. The highest BCUT2D eigenvalue weighted by atomic mass is 79.9. The van der Waals surface area contributed by atoms with Crippen molar-refractivity contribution in [2.45, 2.75) is 17.5 Å². The van der Waals surface area contributed by atoms with Crippen molar-refractivity contribution < 1.29 is 14.4 Å². The van der Waals surface area contributed by atoms with Crippen LogP contribution in [0.15, 0.2) is 114 Å². The summed E-state index contributed by atoms with van der Waals surface area (Å²) < 4.78 is 0.852. The fraction of sp³-hybridized carbons (Fsp3) is 0.121. The summed E-state index contributed by atoms with van der Waals surface area (Å²) in [7, 11) is 0. The van der Waals surface area contributed by atoms with Crippen molar-refractivity contribution in [2.24, 2.45) is 5.92 Å². The van der Waals surface area contributed by atoms with Crippen LogP contribution >= 0.6 is 15.9 Å². The lowest BCUT2D eigenvalue weighted by molar-refractivity contribution is -0.121. The summed E-state index contributed by atoms with van der Waals surface area (Å²) in [5.41, 5.74) is 2.65. The van der Waals surface area contributed by atoms with Crippen molar-refractivity contribution in [3.63, 3.8) is 0 Å². The number of nitrogens with zero attached hydrogens (tertiary/aromatic N) is 1. The minimum atomic E-state index is -1.44. The fourth-order valence-electron chi connectivity index (χ4n) is 6.69.